The minimum Gasteiger partial charge on any atom is -0.497 e. The lowest BCUT2D eigenvalue weighted by molar-refractivity contribution is -0.138. The second-order valence-corrected chi connectivity index (χ2v) is 11.1. The predicted molar refractivity (Wildman–Crippen MR) is 146 cm³/mol. The maximum Gasteiger partial charge on any atom is 0.346 e. The maximum atomic E-state index is 14.7. The zero-order valence-electron chi connectivity index (χ0n) is 20.5. The lowest BCUT2D eigenvalue weighted by Crippen LogP contribution is -2.56. The molecule has 37 heavy (non-hydrogen) atoms. The molecular weight excluding hydrogens is 537 g/mol. The monoisotopic (exact) mass is 559 g/mol. The predicted octanol–water partition coefficient (Wildman–Crippen LogP) is 5.35. The number of methoxy groups -OCH3 is 3. The fourth-order valence-electron chi connectivity index (χ4n) is 4.04. The maximum absolute atomic E-state index is 14.7. The average Bonchev–Trinajstić information content (AvgIpc) is 3.33. The standard InChI is InChI=1S/C26H22FNO6S3/c1-26(2)21(35)18(25-36-19(23(30)33-4)20(37-25)24(31)34-5)15-11-10-13(32-3)12-17(15)28(26)22(29)14-8-6-7-9-16(14)27/h6-12H,1-5H3. The summed E-state index contributed by atoms with van der Waals surface area (Å²) >= 11 is 8.03. The van der Waals surface area contributed by atoms with Gasteiger partial charge in [0.15, 0.2) is 0 Å². The van der Waals surface area contributed by atoms with Gasteiger partial charge in [0.1, 0.15) is 21.4 Å². The summed E-state index contributed by atoms with van der Waals surface area (Å²) in [6.45, 7) is 3.52. The van der Waals surface area contributed by atoms with Crippen LogP contribution >= 0.6 is 35.7 Å². The van der Waals surface area contributed by atoms with Crippen molar-refractivity contribution >= 4 is 69.7 Å². The molecule has 0 aromatic heterocycles. The van der Waals surface area contributed by atoms with Crippen molar-refractivity contribution < 1.29 is 33.0 Å². The molecule has 2 aliphatic heterocycles. The van der Waals surface area contributed by atoms with Crippen LogP contribution in [0.3, 0.4) is 0 Å². The molecule has 0 spiro atoms. The molecule has 0 bridgehead atoms. The highest BCUT2D eigenvalue weighted by molar-refractivity contribution is 8.29. The van der Waals surface area contributed by atoms with E-state index in [1.807, 2.05) is 0 Å². The van der Waals surface area contributed by atoms with Gasteiger partial charge in [-0.1, -0.05) is 47.9 Å². The fraction of sp³-hybridized carbons (Fsp3) is 0.231. The number of amides is 1. The Morgan fingerprint density at radius 2 is 1.54 bits per heavy atom. The van der Waals surface area contributed by atoms with E-state index in [2.05, 4.69) is 0 Å². The number of rotatable bonds is 4. The Bertz CT molecular complexity index is 1380. The molecule has 2 aliphatic rings. The smallest absolute Gasteiger partial charge is 0.346 e. The van der Waals surface area contributed by atoms with Crippen LogP contribution in [0.5, 0.6) is 5.75 Å². The number of hydrogen-bond acceptors (Lipinski definition) is 9. The van der Waals surface area contributed by atoms with Crippen molar-refractivity contribution in [2.24, 2.45) is 0 Å². The third-order valence-corrected chi connectivity index (χ3v) is 9.17. The van der Waals surface area contributed by atoms with Crippen LogP contribution in [0.4, 0.5) is 10.1 Å². The van der Waals surface area contributed by atoms with E-state index in [1.54, 1.807) is 38.1 Å². The van der Waals surface area contributed by atoms with Gasteiger partial charge in [0.2, 0.25) is 0 Å². The number of esters is 2. The molecule has 2 aromatic rings. The first kappa shape index (κ1) is 26.9. The van der Waals surface area contributed by atoms with E-state index in [0.717, 1.165) is 23.5 Å². The number of ether oxygens (including phenoxy) is 3. The average molecular weight is 560 g/mol. The van der Waals surface area contributed by atoms with Gasteiger partial charge in [-0.2, -0.15) is 0 Å². The summed E-state index contributed by atoms with van der Waals surface area (Å²) in [5, 5.41) is 0. The SMILES string of the molecule is COC(=O)C1=C(C(=O)OC)SC(=C2C(=S)C(C)(C)N(C(=O)c3ccccc3F)c3cc(OC)ccc32)S1. The van der Waals surface area contributed by atoms with Crippen LogP contribution in [-0.4, -0.2) is 49.6 Å². The van der Waals surface area contributed by atoms with E-state index in [9.17, 15) is 18.8 Å². The summed E-state index contributed by atoms with van der Waals surface area (Å²) in [6, 6.07) is 10.9. The summed E-state index contributed by atoms with van der Waals surface area (Å²) in [4.78, 5) is 40.7. The molecule has 0 saturated carbocycles. The van der Waals surface area contributed by atoms with E-state index < -0.39 is 29.2 Å². The Morgan fingerprint density at radius 1 is 0.946 bits per heavy atom. The number of thioether (sulfide) groups is 2. The number of hydrogen-bond donors (Lipinski definition) is 0. The number of thiocarbonyl (C=S) groups is 1. The molecule has 7 nitrogen and oxygen atoms in total. The van der Waals surface area contributed by atoms with Crippen molar-refractivity contribution in [1.29, 1.82) is 0 Å². The molecule has 0 unspecified atom stereocenters. The number of carbonyl (C=O) groups excluding carboxylic acids is 3. The van der Waals surface area contributed by atoms with E-state index >= 15 is 0 Å². The summed E-state index contributed by atoms with van der Waals surface area (Å²) < 4.78 is 30.4. The molecule has 2 heterocycles. The van der Waals surface area contributed by atoms with E-state index in [0.29, 0.717) is 31.7 Å². The molecule has 0 atom stereocenters. The largest absolute Gasteiger partial charge is 0.497 e. The molecule has 192 valence electrons. The second-order valence-electron chi connectivity index (χ2n) is 8.40. The first-order valence-corrected chi connectivity index (χ1v) is 12.9. The molecule has 2 aromatic carbocycles. The second kappa shape index (κ2) is 10.3. The Balaban J connectivity index is 1.95. The van der Waals surface area contributed by atoms with E-state index in [-0.39, 0.29) is 15.4 Å². The number of halogens is 1. The molecule has 0 aliphatic carbocycles. The van der Waals surface area contributed by atoms with Crippen molar-refractivity contribution in [3.63, 3.8) is 0 Å². The lowest BCUT2D eigenvalue weighted by Gasteiger charge is -2.45. The van der Waals surface area contributed by atoms with Crippen molar-refractivity contribution in [1.82, 2.24) is 0 Å². The van der Waals surface area contributed by atoms with Gasteiger partial charge in [0.25, 0.3) is 5.91 Å². The van der Waals surface area contributed by atoms with Crippen molar-refractivity contribution in [3.8, 4) is 5.75 Å². The van der Waals surface area contributed by atoms with Gasteiger partial charge in [-0.25, -0.2) is 14.0 Å². The first-order valence-electron chi connectivity index (χ1n) is 10.9. The van der Waals surface area contributed by atoms with Gasteiger partial charge in [0.05, 0.1) is 47.2 Å². The van der Waals surface area contributed by atoms with Gasteiger partial charge in [0, 0.05) is 17.2 Å². The molecule has 0 radical (unpaired) electrons. The quantitative estimate of drug-likeness (QED) is 0.280. The number of nitrogens with zero attached hydrogens (tertiary/aromatic N) is 1. The van der Waals surface area contributed by atoms with Crippen LogP contribution < -0.4 is 9.64 Å². The Labute approximate surface area is 227 Å². The number of fused-ring (bicyclic) bond motifs is 1. The molecule has 0 saturated heterocycles. The minimum atomic E-state index is -1.10. The van der Waals surface area contributed by atoms with Crippen LogP contribution in [0.25, 0.3) is 5.57 Å². The number of anilines is 1. The van der Waals surface area contributed by atoms with Crippen LogP contribution in [0.2, 0.25) is 0 Å². The normalized spacial score (nSPS) is 16.5. The zero-order chi connectivity index (χ0) is 27.1. The minimum absolute atomic E-state index is 0.0855. The van der Waals surface area contributed by atoms with Crippen molar-refractivity contribution in [2.75, 3.05) is 26.2 Å². The summed E-state index contributed by atoms with van der Waals surface area (Å²) in [5.41, 5.74) is 0.388. The third kappa shape index (κ3) is 4.55. The lowest BCUT2D eigenvalue weighted by atomic mass is 9.82. The van der Waals surface area contributed by atoms with Crippen LogP contribution in [0.1, 0.15) is 29.8 Å². The van der Waals surface area contributed by atoms with Crippen LogP contribution in [-0.2, 0) is 19.1 Å². The van der Waals surface area contributed by atoms with Gasteiger partial charge in [-0.3, -0.25) is 9.69 Å². The highest BCUT2D eigenvalue weighted by Crippen LogP contribution is 2.56. The number of benzene rings is 2. The Hall–Kier alpha value is -3.15. The molecule has 0 N–H and O–H groups in total. The Kier molecular flexibility index (Phi) is 7.50. The highest BCUT2D eigenvalue weighted by Gasteiger charge is 2.46. The zero-order valence-corrected chi connectivity index (χ0v) is 23.0. The summed E-state index contributed by atoms with van der Waals surface area (Å²) in [7, 11) is 3.95. The fourth-order valence-corrected chi connectivity index (χ4v) is 7.08. The third-order valence-electron chi connectivity index (χ3n) is 5.91. The molecule has 4 rings (SSSR count). The van der Waals surface area contributed by atoms with E-state index in [4.69, 9.17) is 26.4 Å². The van der Waals surface area contributed by atoms with Crippen LogP contribution in [0, 0.1) is 5.82 Å². The van der Waals surface area contributed by atoms with Gasteiger partial charge < -0.3 is 14.2 Å². The molecule has 0 fully saturated rings. The topological polar surface area (TPSA) is 82.1 Å². The van der Waals surface area contributed by atoms with Crippen LogP contribution in [0.15, 0.2) is 56.5 Å². The molecular formula is C26H22FNO6S3. The number of carbonyl (C=O) groups is 3. The van der Waals surface area contributed by atoms with Gasteiger partial charge in [-0.15, -0.1) is 0 Å². The highest BCUT2D eigenvalue weighted by atomic mass is 32.2. The van der Waals surface area contributed by atoms with Gasteiger partial charge in [-0.05, 0) is 38.1 Å². The van der Waals surface area contributed by atoms with Crippen molar-refractivity contribution in [2.45, 2.75) is 19.4 Å². The Morgan fingerprint density at radius 3 is 2.08 bits per heavy atom. The molecule has 1 amide bonds. The van der Waals surface area contributed by atoms with E-state index in [1.165, 1.54) is 44.4 Å². The van der Waals surface area contributed by atoms with Gasteiger partial charge >= 0.3 is 11.9 Å². The first-order chi connectivity index (χ1) is 17.6. The summed E-state index contributed by atoms with van der Waals surface area (Å²) in [5.74, 6) is -2.10. The van der Waals surface area contributed by atoms with Crippen molar-refractivity contribution in [3.05, 3.63) is 73.5 Å². The molecule has 11 heteroatoms. The summed E-state index contributed by atoms with van der Waals surface area (Å²) in [6.07, 6.45) is 0.